The van der Waals surface area contributed by atoms with Gasteiger partial charge in [-0.3, -0.25) is 4.68 Å². The second kappa shape index (κ2) is 3.86. The smallest absolute Gasteiger partial charge is 0.267 e. The lowest BCUT2D eigenvalue weighted by Gasteiger charge is -2.09. The Morgan fingerprint density at radius 2 is 2.00 bits per heavy atom. The molecule has 0 aliphatic heterocycles. The summed E-state index contributed by atoms with van der Waals surface area (Å²) in [6, 6.07) is 2.56. The van der Waals surface area contributed by atoms with Crippen molar-refractivity contribution in [2.75, 3.05) is 0 Å². The first kappa shape index (κ1) is 12.2. The monoisotopic (exact) mass is 404 g/mol. The average Bonchev–Trinajstić information content (AvgIpc) is 2.39. The van der Waals surface area contributed by atoms with Crippen molar-refractivity contribution in [1.29, 1.82) is 0 Å². The number of alkyl halides is 3. The van der Waals surface area contributed by atoms with Gasteiger partial charge in [0.15, 0.2) is 0 Å². The Bertz CT molecular complexity index is 562. The SMILES string of the molecule is Cn1nc(I)c2cc(C(F)(F)F)c(Br)cc21. The topological polar surface area (TPSA) is 17.8 Å². The number of aryl methyl sites for hydroxylation is 1. The predicted octanol–water partition coefficient (Wildman–Crippen LogP) is 3.96. The summed E-state index contributed by atoms with van der Waals surface area (Å²) in [7, 11) is 1.70. The number of fused-ring (bicyclic) bond motifs is 1. The lowest BCUT2D eigenvalue weighted by Crippen LogP contribution is -2.06. The van der Waals surface area contributed by atoms with E-state index in [9.17, 15) is 13.2 Å². The fourth-order valence-electron chi connectivity index (χ4n) is 1.45. The van der Waals surface area contributed by atoms with E-state index in [0.29, 0.717) is 14.6 Å². The normalized spacial score (nSPS) is 12.4. The molecule has 0 fully saturated rings. The van der Waals surface area contributed by atoms with Crippen molar-refractivity contribution in [3.05, 3.63) is 25.9 Å². The summed E-state index contributed by atoms with van der Waals surface area (Å²) < 4.78 is 40.1. The molecule has 0 radical (unpaired) electrons. The van der Waals surface area contributed by atoms with Gasteiger partial charge < -0.3 is 0 Å². The Morgan fingerprint density at radius 3 is 2.56 bits per heavy atom. The van der Waals surface area contributed by atoms with E-state index in [4.69, 9.17) is 0 Å². The molecular weight excluding hydrogens is 400 g/mol. The maximum Gasteiger partial charge on any atom is 0.417 e. The summed E-state index contributed by atoms with van der Waals surface area (Å²) in [6.45, 7) is 0. The lowest BCUT2D eigenvalue weighted by molar-refractivity contribution is -0.138. The number of hydrogen-bond acceptors (Lipinski definition) is 1. The quantitative estimate of drug-likeness (QED) is 0.608. The van der Waals surface area contributed by atoms with Gasteiger partial charge in [0.1, 0.15) is 3.70 Å². The van der Waals surface area contributed by atoms with Crippen LogP contribution in [0.1, 0.15) is 5.56 Å². The standard InChI is InChI=1S/C9H5BrF3IN2/c1-16-7-3-6(10)5(9(11,12)13)2-4(7)8(14)15-16/h2-3H,1H3. The van der Waals surface area contributed by atoms with E-state index in [1.807, 2.05) is 22.6 Å². The highest BCUT2D eigenvalue weighted by Crippen LogP contribution is 2.37. The summed E-state index contributed by atoms with van der Waals surface area (Å²) >= 11 is 4.85. The highest BCUT2D eigenvalue weighted by Gasteiger charge is 2.33. The largest absolute Gasteiger partial charge is 0.417 e. The van der Waals surface area contributed by atoms with Crippen molar-refractivity contribution in [1.82, 2.24) is 9.78 Å². The third-order valence-corrected chi connectivity index (χ3v) is 3.65. The first-order valence-electron chi connectivity index (χ1n) is 4.19. The maximum absolute atomic E-state index is 12.7. The van der Waals surface area contributed by atoms with Crippen LogP contribution in [0.3, 0.4) is 0 Å². The van der Waals surface area contributed by atoms with Crippen LogP contribution in [-0.4, -0.2) is 9.78 Å². The fourth-order valence-corrected chi connectivity index (χ4v) is 2.76. The molecular formula is C9H5BrF3IN2. The minimum absolute atomic E-state index is 0.0342. The fraction of sp³-hybridized carbons (Fsp3) is 0.222. The van der Waals surface area contributed by atoms with Gasteiger partial charge in [-0.2, -0.15) is 18.3 Å². The van der Waals surface area contributed by atoms with E-state index in [2.05, 4.69) is 21.0 Å². The molecule has 1 aromatic carbocycles. The highest BCUT2D eigenvalue weighted by atomic mass is 127. The van der Waals surface area contributed by atoms with Crippen molar-refractivity contribution >= 4 is 49.4 Å². The van der Waals surface area contributed by atoms with Crippen LogP contribution >= 0.6 is 38.5 Å². The average molecular weight is 405 g/mol. The Labute approximate surface area is 111 Å². The van der Waals surface area contributed by atoms with Crippen LogP contribution in [0.2, 0.25) is 0 Å². The van der Waals surface area contributed by atoms with Crippen molar-refractivity contribution < 1.29 is 13.2 Å². The number of benzene rings is 1. The summed E-state index contributed by atoms with van der Waals surface area (Å²) in [6.07, 6.45) is -4.36. The number of hydrogen-bond donors (Lipinski definition) is 0. The zero-order valence-electron chi connectivity index (χ0n) is 7.94. The molecule has 0 amide bonds. The Balaban J connectivity index is 2.81. The van der Waals surface area contributed by atoms with E-state index >= 15 is 0 Å². The third kappa shape index (κ3) is 1.94. The molecule has 0 saturated carbocycles. The van der Waals surface area contributed by atoms with Gasteiger partial charge >= 0.3 is 6.18 Å². The van der Waals surface area contributed by atoms with Gasteiger partial charge in [0.2, 0.25) is 0 Å². The predicted molar refractivity (Wildman–Crippen MR) is 66.1 cm³/mol. The number of nitrogens with zero attached hydrogens (tertiary/aromatic N) is 2. The molecule has 0 unspecified atom stereocenters. The van der Waals surface area contributed by atoms with E-state index in [0.717, 1.165) is 6.07 Å². The molecule has 2 rings (SSSR count). The molecule has 0 atom stereocenters. The van der Waals surface area contributed by atoms with Gasteiger partial charge in [0, 0.05) is 16.9 Å². The van der Waals surface area contributed by atoms with E-state index < -0.39 is 11.7 Å². The molecule has 0 bridgehead atoms. The van der Waals surface area contributed by atoms with Crippen molar-refractivity contribution in [2.24, 2.45) is 7.05 Å². The summed E-state index contributed by atoms with van der Waals surface area (Å²) in [5.41, 5.74) is -0.00445. The molecule has 0 aliphatic rings. The van der Waals surface area contributed by atoms with E-state index in [-0.39, 0.29) is 4.47 Å². The van der Waals surface area contributed by atoms with Crippen LogP contribution < -0.4 is 0 Å². The molecule has 0 aliphatic carbocycles. The van der Waals surface area contributed by atoms with Gasteiger partial charge in [-0.15, -0.1) is 0 Å². The molecule has 1 aromatic heterocycles. The highest BCUT2D eigenvalue weighted by molar-refractivity contribution is 14.1. The molecule has 2 aromatic rings. The van der Waals surface area contributed by atoms with Crippen LogP contribution in [0, 0.1) is 3.70 Å². The van der Waals surface area contributed by atoms with Crippen LogP contribution in [0.25, 0.3) is 10.9 Å². The van der Waals surface area contributed by atoms with Crippen LogP contribution in [0.15, 0.2) is 16.6 Å². The van der Waals surface area contributed by atoms with Gasteiger partial charge in [-0.25, -0.2) is 0 Å². The first-order valence-corrected chi connectivity index (χ1v) is 6.07. The minimum Gasteiger partial charge on any atom is -0.267 e. The summed E-state index contributed by atoms with van der Waals surface area (Å²) in [5.74, 6) is 0. The number of rotatable bonds is 0. The van der Waals surface area contributed by atoms with Crippen molar-refractivity contribution in [3.8, 4) is 0 Å². The van der Waals surface area contributed by atoms with E-state index in [1.165, 1.54) is 6.07 Å². The van der Waals surface area contributed by atoms with Gasteiger partial charge in [0.05, 0.1) is 11.1 Å². The summed E-state index contributed by atoms with van der Waals surface area (Å²) in [4.78, 5) is 0. The zero-order valence-corrected chi connectivity index (χ0v) is 11.7. The third-order valence-electron chi connectivity index (χ3n) is 2.20. The molecule has 2 nitrogen and oxygen atoms in total. The van der Waals surface area contributed by atoms with Crippen LogP contribution in [0.5, 0.6) is 0 Å². The van der Waals surface area contributed by atoms with Gasteiger partial charge in [-0.05, 0) is 34.7 Å². The Morgan fingerprint density at radius 1 is 1.38 bits per heavy atom. The Kier molecular flexibility index (Phi) is 2.94. The molecule has 0 saturated heterocycles. The maximum atomic E-state index is 12.7. The van der Waals surface area contributed by atoms with Gasteiger partial charge in [-0.1, -0.05) is 15.9 Å². The Hall–Kier alpha value is -0.310. The zero-order chi connectivity index (χ0) is 12.1. The van der Waals surface area contributed by atoms with E-state index in [1.54, 1.807) is 11.7 Å². The lowest BCUT2D eigenvalue weighted by atomic mass is 10.1. The molecule has 16 heavy (non-hydrogen) atoms. The molecule has 0 N–H and O–H groups in total. The van der Waals surface area contributed by atoms with Crippen LogP contribution in [0.4, 0.5) is 13.2 Å². The number of aromatic nitrogens is 2. The second-order valence-corrected chi connectivity index (χ2v) is 5.14. The van der Waals surface area contributed by atoms with Crippen molar-refractivity contribution in [3.63, 3.8) is 0 Å². The summed E-state index contributed by atoms with van der Waals surface area (Å²) in [5, 5.41) is 4.58. The second-order valence-electron chi connectivity index (χ2n) is 3.26. The van der Waals surface area contributed by atoms with Crippen LogP contribution in [-0.2, 0) is 13.2 Å². The molecule has 0 spiro atoms. The molecule has 7 heteroatoms. The molecule has 86 valence electrons. The van der Waals surface area contributed by atoms with Gasteiger partial charge in [0.25, 0.3) is 0 Å². The first-order chi connectivity index (χ1) is 7.30. The minimum atomic E-state index is -4.36. The number of halogens is 5. The van der Waals surface area contributed by atoms with Crippen molar-refractivity contribution in [2.45, 2.75) is 6.18 Å². The molecule has 1 heterocycles.